The molecular weight excluding hydrogens is 344 g/mol. The molecule has 0 bridgehead atoms. The summed E-state index contributed by atoms with van der Waals surface area (Å²) in [6.07, 6.45) is 4.51. The van der Waals surface area contributed by atoms with E-state index in [1.165, 1.54) is 0 Å². The van der Waals surface area contributed by atoms with Gasteiger partial charge in [0.15, 0.2) is 0 Å². The van der Waals surface area contributed by atoms with E-state index in [1.54, 1.807) is 14.2 Å². The number of methoxy groups -OCH3 is 1. The van der Waals surface area contributed by atoms with Gasteiger partial charge < -0.3 is 19.7 Å². The van der Waals surface area contributed by atoms with Gasteiger partial charge in [0.25, 0.3) is 0 Å². The lowest BCUT2D eigenvalue weighted by Gasteiger charge is -2.46. The number of ether oxygens (including phenoxy) is 2. The Labute approximate surface area is 161 Å². The number of carbonyl (C=O) groups is 2. The highest BCUT2D eigenvalue weighted by Gasteiger charge is 2.41. The Morgan fingerprint density at radius 3 is 2.81 bits per heavy atom. The lowest BCUT2D eigenvalue weighted by molar-refractivity contribution is -0.148. The van der Waals surface area contributed by atoms with E-state index in [2.05, 4.69) is 5.32 Å². The van der Waals surface area contributed by atoms with E-state index in [0.29, 0.717) is 25.4 Å². The summed E-state index contributed by atoms with van der Waals surface area (Å²) >= 11 is 0. The predicted molar refractivity (Wildman–Crippen MR) is 103 cm³/mol. The molecule has 2 fully saturated rings. The zero-order chi connectivity index (χ0) is 19.3. The summed E-state index contributed by atoms with van der Waals surface area (Å²) in [5, 5.41) is 2.72. The zero-order valence-electron chi connectivity index (χ0n) is 16.3. The van der Waals surface area contributed by atoms with Crippen molar-refractivity contribution in [2.75, 3.05) is 33.9 Å². The molecule has 1 spiro atoms. The summed E-state index contributed by atoms with van der Waals surface area (Å²) < 4.78 is 11.4. The molecule has 1 unspecified atom stereocenters. The van der Waals surface area contributed by atoms with Crippen LogP contribution in [0.3, 0.4) is 0 Å². The SMILES string of the molecule is CNC(=O)CC1CCOC2(CCN(C(=O)Cc3cccc(OC)c3)CC2)C1. The van der Waals surface area contributed by atoms with Crippen molar-refractivity contribution >= 4 is 11.8 Å². The Kier molecular flexibility index (Phi) is 6.37. The van der Waals surface area contributed by atoms with Crippen molar-refractivity contribution in [3.63, 3.8) is 0 Å². The van der Waals surface area contributed by atoms with Gasteiger partial charge >= 0.3 is 0 Å². The van der Waals surface area contributed by atoms with Gasteiger partial charge in [-0.05, 0) is 49.3 Å². The maximum atomic E-state index is 12.7. The topological polar surface area (TPSA) is 67.9 Å². The van der Waals surface area contributed by atoms with Crippen molar-refractivity contribution in [3.05, 3.63) is 29.8 Å². The maximum Gasteiger partial charge on any atom is 0.226 e. The Bertz CT molecular complexity index is 668. The lowest BCUT2D eigenvalue weighted by atomic mass is 9.78. The van der Waals surface area contributed by atoms with Crippen molar-refractivity contribution in [2.45, 2.75) is 44.1 Å². The van der Waals surface area contributed by atoms with E-state index < -0.39 is 0 Å². The van der Waals surface area contributed by atoms with Gasteiger partial charge in [0, 0.05) is 33.2 Å². The third kappa shape index (κ3) is 5.01. The van der Waals surface area contributed by atoms with Crippen LogP contribution in [-0.2, 0) is 20.7 Å². The number of hydrogen-bond donors (Lipinski definition) is 1. The summed E-state index contributed by atoms with van der Waals surface area (Å²) in [4.78, 5) is 26.3. The first-order valence-corrected chi connectivity index (χ1v) is 9.79. The molecule has 2 amide bonds. The van der Waals surface area contributed by atoms with Crippen LogP contribution in [0.15, 0.2) is 24.3 Å². The molecule has 1 aromatic rings. The molecule has 1 N–H and O–H groups in total. The molecule has 2 aliphatic rings. The average Bonchev–Trinajstić information content (AvgIpc) is 2.68. The third-order valence-corrected chi connectivity index (χ3v) is 5.86. The predicted octanol–water partition coefficient (Wildman–Crippen LogP) is 2.16. The van der Waals surface area contributed by atoms with Gasteiger partial charge in [-0.2, -0.15) is 0 Å². The van der Waals surface area contributed by atoms with Crippen LogP contribution in [0.1, 0.15) is 37.7 Å². The number of hydrogen-bond acceptors (Lipinski definition) is 4. The molecule has 1 aromatic carbocycles. The van der Waals surface area contributed by atoms with E-state index in [4.69, 9.17) is 9.47 Å². The smallest absolute Gasteiger partial charge is 0.226 e. The van der Waals surface area contributed by atoms with Crippen molar-refractivity contribution < 1.29 is 19.1 Å². The summed E-state index contributed by atoms with van der Waals surface area (Å²) in [5.74, 6) is 1.40. The van der Waals surface area contributed by atoms with Gasteiger partial charge in [-0.1, -0.05) is 12.1 Å². The zero-order valence-corrected chi connectivity index (χ0v) is 16.3. The van der Waals surface area contributed by atoms with Crippen LogP contribution in [0.25, 0.3) is 0 Å². The first kappa shape index (κ1) is 19.7. The minimum absolute atomic E-state index is 0.1000. The minimum Gasteiger partial charge on any atom is -0.497 e. The van der Waals surface area contributed by atoms with E-state index in [-0.39, 0.29) is 17.4 Å². The normalized spacial score (nSPS) is 21.7. The second-order valence-electron chi connectivity index (χ2n) is 7.68. The summed E-state index contributed by atoms with van der Waals surface area (Å²) in [7, 11) is 3.32. The van der Waals surface area contributed by atoms with Crippen LogP contribution in [0.4, 0.5) is 0 Å². The van der Waals surface area contributed by atoms with Crippen LogP contribution in [0.5, 0.6) is 5.75 Å². The largest absolute Gasteiger partial charge is 0.497 e. The summed E-state index contributed by atoms with van der Waals surface area (Å²) in [6, 6.07) is 7.67. The van der Waals surface area contributed by atoms with Gasteiger partial charge in [0.05, 0.1) is 19.1 Å². The molecule has 0 aliphatic carbocycles. The average molecular weight is 374 g/mol. The number of piperidine rings is 1. The number of carbonyl (C=O) groups excluding carboxylic acids is 2. The molecule has 2 aliphatic heterocycles. The van der Waals surface area contributed by atoms with Crippen molar-refractivity contribution in [3.8, 4) is 5.75 Å². The van der Waals surface area contributed by atoms with Gasteiger partial charge in [-0.25, -0.2) is 0 Å². The number of amides is 2. The van der Waals surface area contributed by atoms with Gasteiger partial charge in [-0.3, -0.25) is 9.59 Å². The molecule has 3 rings (SSSR count). The molecule has 0 saturated carbocycles. The Hall–Kier alpha value is -2.08. The van der Waals surface area contributed by atoms with E-state index in [9.17, 15) is 9.59 Å². The number of benzene rings is 1. The second kappa shape index (κ2) is 8.74. The molecule has 6 heteroatoms. The van der Waals surface area contributed by atoms with Crippen LogP contribution >= 0.6 is 0 Å². The molecule has 0 radical (unpaired) electrons. The number of likely N-dealkylation sites (tertiary alicyclic amines) is 1. The van der Waals surface area contributed by atoms with Gasteiger partial charge in [0.2, 0.25) is 11.8 Å². The highest BCUT2D eigenvalue weighted by Crippen LogP contribution is 2.38. The highest BCUT2D eigenvalue weighted by atomic mass is 16.5. The second-order valence-corrected chi connectivity index (χ2v) is 7.68. The molecule has 1 atom stereocenters. The molecule has 0 aromatic heterocycles. The van der Waals surface area contributed by atoms with E-state index >= 15 is 0 Å². The number of nitrogens with one attached hydrogen (secondary N) is 1. The fourth-order valence-electron chi connectivity index (χ4n) is 4.25. The Balaban J connectivity index is 1.53. The Morgan fingerprint density at radius 1 is 1.33 bits per heavy atom. The molecule has 6 nitrogen and oxygen atoms in total. The highest BCUT2D eigenvalue weighted by molar-refractivity contribution is 5.79. The van der Waals surface area contributed by atoms with Crippen LogP contribution in [0, 0.1) is 5.92 Å². The van der Waals surface area contributed by atoms with Crippen molar-refractivity contribution in [1.82, 2.24) is 10.2 Å². The van der Waals surface area contributed by atoms with Crippen LogP contribution in [-0.4, -0.2) is 56.2 Å². The van der Waals surface area contributed by atoms with Crippen molar-refractivity contribution in [2.24, 2.45) is 5.92 Å². The maximum absolute atomic E-state index is 12.7. The summed E-state index contributed by atoms with van der Waals surface area (Å²) in [5.41, 5.74) is 0.808. The quantitative estimate of drug-likeness (QED) is 0.858. The first-order valence-electron chi connectivity index (χ1n) is 9.79. The van der Waals surface area contributed by atoms with Gasteiger partial charge in [0.1, 0.15) is 5.75 Å². The molecule has 27 heavy (non-hydrogen) atoms. The van der Waals surface area contributed by atoms with Crippen LogP contribution in [0.2, 0.25) is 0 Å². The molecular formula is C21H30N2O4. The molecule has 148 valence electrons. The fraction of sp³-hybridized carbons (Fsp3) is 0.619. The summed E-state index contributed by atoms with van der Waals surface area (Å²) in [6.45, 7) is 2.14. The fourth-order valence-corrected chi connectivity index (χ4v) is 4.25. The molecule has 2 heterocycles. The van der Waals surface area contributed by atoms with E-state index in [1.807, 2.05) is 29.2 Å². The minimum atomic E-state index is -0.163. The number of nitrogens with zero attached hydrogens (tertiary/aromatic N) is 1. The standard InChI is InChI=1S/C21H30N2O4/c1-22-19(24)13-17-6-11-27-21(15-17)7-9-23(10-8-21)20(25)14-16-4-3-5-18(12-16)26-2/h3-5,12,17H,6-11,13-15H2,1-2H3,(H,22,24). The van der Waals surface area contributed by atoms with Crippen LogP contribution < -0.4 is 10.1 Å². The number of rotatable bonds is 5. The van der Waals surface area contributed by atoms with Crippen molar-refractivity contribution in [1.29, 1.82) is 0 Å². The lowest BCUT2D eigenvalue weighted by Crippen LogP contribution is -2.51. The first-order chi connectivity index (χ1) is 13.0. The Morgan fingerprint density at radius 2 is 2.11 bits per heavy atom. The third-order valence-electron chi connectivity index (χ3n) is 5.86. The monoisotopic (exact) mass is 374 g/mol. The van der Waals surface area contributed by atoms with E-state index in [0.717, 1.165) is 50.1 Å². The van der Waals surface area contributed by atoms with Gasteiger partial charge in [-0.15, -0.1) is 0 Å². The molecule has 2 saturated heterocycles.